The van der Waals surface area contributed by atoms with E-state index in [4.69, 9.17) is 0 Å². The third kappa shape index (κ3) is 2.85. The Morgan fingerprint density at radius 1 is 1.16 bits per heavy atom. The number of nitrogens with zero attached hydrogens (tertiary/aromatic N) is 1. The van der Waals surface area contributed by atoms with Crippen LogP contribution in [0.1, 0.15) is 37.3 Å². The second-order valence-electron chi connectivity index (χ2n) is 7.25. The fraction of sp³-hybridized carbons (Fsp3) is 0.381. The number of amides is 1. The summed E-state index contributed by atoms with van der Waals surface area (Å²) in [5, 5.41) is 3.61. The van der Waals surface area contributed by atoms with Crippen molar-refractivity contribution in [2.75, 3.05) is 13.6 Å². The van der Waals surface area contributed by atoms with Gasteiger partial charge in [-0.15, -0.1) is 0 Å². The van der Waals surface area contributed by atoms with Gasteiger partial charge in [0, 0.05) is 25.2 Å². The second kappa shape index (κ2) is 6.26. The third-order valence-electron chi connectivity index (χ3n) is 5.64. The van der Waals surface area contributed by atoms with Crippen LogP contribution in [-0.2, 0) is 4.79 Å². The number of hydrogen-bond donors (Lipinski definition) is 1. The Morgan fingerprint density at radius 3 is 2.84 bits per heavy atom. The minimum Gasteiger partial charge on any atom is -0.344 e. The highest BCUT2D eigenvalue weighted by atomic mass is 19.1. The largest absolute Gasteiger partial charge is 0.344 e. The molecule has 2 aromatic carbocycles. The summed E-state index contributed by atoms with van der Waals surface area (Å²) in [6.07, 6.45) is 3.74. The molecule has 0 saturated carbocycles. The maximum absolute atomic E-state index is 14.1. The van der Waals surface area contributed by atoms with Gasteiger partial charge in [-0.2, -0.15) is 0 Å². The molecule has 2 aliphatic rings. The molecule has 2 heterocycles. The highest BCUT2D eigenvalue weighted by Crippen LogP contribution is 2.39. The molecule has 130 valence electrons. The molecule has 0 radical (unpaired) electrons. The van der Waals surface area contributed by atoms with Crippen LogP contribution in [0.15, 0.2) is 48.5 Å². The van der Waals surface area contributed by atoms with Crippen LogP contribution in [0.25, 0.3) is 11.1 Å². The van der Waals surface area contributed by atoms with E-state index in [0.29, 0.717) is 5.56 Å². The summed E-state index contributed by atoms with van der Waals surface area (Å²) in [7, 11) is 1.89. The standard InChI is InChI=1S/C21H23FN2O/c1-24-13-5-11-21(20(24)25)12-10-19(23-21)16-7-4-6-15(14-16)17-8-2-3-9-18(17)22/h2-4,6-9,14,19,23H,5,10-13H2,1H3/t19-,21+/m1/s1. The predicted octanol–water partition coefficient (Wildman–Crippen LogP) is 3.91. The van der Waals surface area contributed by atoms with Gasteiger partial charge in [-0.05, 0) is 48.9 Å². The molecule has 4 rings (SSSR count). The van der Waals surface area contributed by atoms with Gasteiger partial charge in [-0.3, -0.25) is 10.1 Å². The number of piperidine rings is 1. The Bertz CT molecular complexity index is 806. The molecular formula is C21H23FN2O. The quantitative estimate of drug-likeness (QED) is 0.900. The number of carbonyl (C=O) groups excluding carboxylic acids is 1. The van der Waals surface area contributed by atoms with Gasteiger partial charge in [0.2, 0.25) is 5.91 Å². The topological polar surface area (TPSA) is 32.3 Å². The van der Waals surface area contributed by atoms with Crippen molar-refractivity contribution in [2.24, 2.45) is 0 Å². The van der Waals surface area contributed by atoms with E-state index in [0.717, 1.165) is 43.4 Å². The normalized spacial score (nSPS) is 26.4. The van der Waals surface area contributed by atoms with E-state index in [2.05, 4.69) is 11.4 Å². The first-order valence-electron chi connectivity index (χ1n) is 8.97. The number of carbonyl (C=O) groups is 1. The lowest BCUT2D eigenvalue weighted by Crippen LogP contribution is -2.57. The Labute approximate surface area is 147 Å². The molecule has 3 nitrogen and oxygen atoms in total. The number of benzene rings is 2. The molecule has 4 heteroatoms. The van der Waals surface area contributed by atoms with E-state index in [1.807, 2.05) is 36.2 Å². The monoisotopic (exact) mass is 338 g/mol. The number of likely N-dealkylation sites (N-methyl/N-ethyl adjacent to an activating group) is 1. The Balaban J connectivity index is 1.61. The van der Waals surface area contributed by atoms with E-state index < -0.39 is 5.54 Å². The van der Waals surface area contributed by atoms with Crippen molar-refractivity contribution in [3.05, 3.63) is 59.9 Å². The van der Waals surface area contributed by atoms with Crippen LogP contribution in [0.2, 0.25) is 0 Å². The van der Waals surface area contributed by atoms with Crippen molar-refractivity contribution >= 4 is 5.91 Å². The van der Waals surface area contributed by atoms with Crippen molar-refractivity contribution in [2.45, 2.75) is 37.3 Å². The van der Waals surface area contributed by atoms with E-state index in [1.165, 1.54) is 6.07 Å². The van der Waals surface area contributed by atoms with Gasteiger partial charge in [-0.1, -0.05) is 36.4 Å². The van der Waals surface area contributed by atoms with E-state index in [9.17, 15) is 9.18 Å². The van der Waals surface area contributed by atoms with E-state index in [1.54, 1.807) is 12.1 Å². The maximum Gasteiger partial charge on any atom is 0.242 e. The van der Waals surface area contributed by atoms with Crippen LogP contribution in [0.5, 0.6) is 0 Å². The Kier molecular flexibility index (Phi) is 4.08. The molecule has 2 aromatic rings. The molecule has 2 atom stereocenters. The van der Waals surface area contributed by atoms with Crippen LogP contribution in [0.4, 0.5) is 4.39 Å². The van der Waals surface area contributed by atoms with E-state index in [-0.39, 0.29) is 17.8 Å². The second-order valence-corrected chi connectivity index (χ2v) is 7.25. The average Bonchev–Trinajstić information content (AvgIpc) is 3.05. The molecular weight excluding hydrogens is 315 g/mol. The van der Waals surface area contributed by atoms with Gasteiger partial charge in [0.1, 0.15) is 5.82 Å². The number of halogens is 1. The SMILES string of the molecule is CN1CCC[C@]2(CC[C@H](c3cccc(-c4ccccc4F)c3)N2)C1=O. The molecule has 1 amide bonds. The number of rotatable bonds is 2. The molecule has 0 unspecified atom stereocenters. The first-order chi connectivity index (χ1) is 12.1. The van der Waals surface area contributed by atoms with Crippen LogP contribution in [0, 0.1) is 5.82 Å². The number of hydrogen-bond acceptors (Lipinski definition) is 2. The lowest BCUT2D eigenvalue weighted by molar-refractivity contribution is -0.139. The van der Waals surface area contributed by atoms with Gasteiger partial charge in [0.25, 0.3) is 0 Å². The smallest absolute Gasteiger partial charge is 0.242 e. The van der Waals surface area contributed by atoms with Gasteiger partial charge >= 0.3 is 0 Å². The van der Waals surface area contributed by atoms with Gasteiger partial charge in [0.05, 0.1) is 5.54 Å². The minimum absolute atomic E-state index is 0.141. The molecule has 0 bridgehead atoms. The van der Waals surface area contributed by atoms with Crippen molar-refractivity contribution in [1.82, 2.24) is 10.2 Å². The molecule has 25 heavy (non-hydrogen) atoms. The summed E-state index contributed by atoms with van der Waals surface area (Å²) in [6, 6.07) is 15.0. The molecule has 0 aliphatic carbocycles. The van der Waals surface area contributed by atoms with Crippen LogP contribution in [0.3, 0.4) is 0 Å². The number of likely N-dealkylation sites (tertiary alicyclic amines) is 1. The summed E-state index contributed by atoms with van der Waals surface area (Å²) < 4.78 is 14.1. The molecule has 2 aliphatic heterocycles. The lowest BCUT2D eigenvalue weighted by atomic mass is 9.87. The van der Waals surface area contributed by atoms with Crippen LogP contribution >= 0.6 is 0 Å². The zero-order valence-electron chi connectivity index (χ0n) is 14.5. The summed E-state index contributed by atoms with van der Waals surface area (Å²) in [5.41, 5.74) is 2.21. The van der Waals surface area contributed by atoms with Crippen molar-refractivity contribution in [3.63, 3.8) is 0 Å². The first kappa shape index (κ1) is 16.3. The third-order valence-corrected chi connectivity index (χ3v) is 5.64. The summed E-state index contributed by atoms with van der Waals surface area (Å²) in [4.78, 5) is 14.5. The highest BCUT2D eigenvalue weighted by Gasteiger charge is 2.47. The molecule has 1 spiro atoms. The number of nitrogens with one attached hydrogen (secondary N) is 1. The average molecular weight is 338 g/mol. The van der Waals surface area contributed by atoms with Gasteiger partial charge in [-0.25, -0.2) is 4.39 Å². The van der Waals surface area contributed by atoms with Crippen molar-refractivity contribution in [1.29, 1.82) is 0 Å². The fourth-order valence-corrected chi connectivity index (χ4v) is 4.29. The summed E-state index contributed by atoms with van der Waals surface area (Å²) in [6.45, 7) is 0.843. The first-order valence-corrected chi connectivity index (χ1v) is 8.97. The molecule has 0 aromatic heterocycles. The molecule has 2 fully saturated rings. The lowest BCUT2D eigenvalue weighted by Gasteiger charge is -2.38. The molecule has 1 N–H and O–H groups in total. The Hall–Kier alpha value is -2.20. The zero-order chi connectivity index (χ0) is 17.4. The maximum atomic E-state index is 14.1. The summed E-state index contributed by atoms with van der Waals surface area (Å²) >= 11 is 0. The fourth-order valence-electron chi connectivity index (χ4n) is 4.29. The Morgan fingerprint density at radius 2 is 2.00 bits per heavy atom. The van der Waals surface area contributed by atoms with Crippen LogP contribution < -0.4 is 5.32 Å². The van der Waals surface area contributed by atoms with E-state index >= 15 is 0 Å². The van der Waals surface area contributed by atoms with Crippen molar-refractivity contribution < 1.29 is 9.18 Å². The predicted molar refractivity (Wildman–Crippen MR) is 96.5 cm³/mol. The minimum atomic E-state index is -0.411. The van der Waals surface area contributed by atoms with Gasteiger partial charge in [0.15, 0.2) is 0 Å². The van der Waals surface area contributed by atoms with Gasteiger partial charge < -0.3 is 4.90 Å². The van der Waals surface area contributed by atoms with Crippen LogP contribution in [-0.4, -0.2) is 29.9 Å². The molecule has 2 saturated heterocycles. The summed E-state index contributed by atoms with van der Waals surface area (Å²) in [5.74, 6) is 0.00564. The zero-order valence-corrected chi connectivity index (χ0v) is 14.5. The van der Waals surface area contributed by atoms with Crippen molar-refractivity contribution in [3.8, 4) is 11.1 Å². The highest BCUT2D eigenvalue weighted by molar-refractivity contribution is 5.87.